The number of H-pyrrole nitrogens is 1. The van der Waals surface area contributed by atoms with Crippen molar-refractivity contribution >= 4 is 52.4 Å². The van der Waals surface area contributed by atoms with Gasteiger partial charge in [-0.3, -0.25) is 33.8 Å². The van der Waals surface area contributed by atoms with Crippen molar-refractivity contribution in [3.05, 3.63) is 168 Å². The molecule has 3 aliphatic rings. The molecule has 0 unspecified atom stereocenters. The van der Waals surface area contributed by atoms with Gasteiger partial charge in [0, 0.05) is 68.3 Å². The lowest BCUT2D eigenvalue weighted by Crippen LogP contribution is -2.62. The number of hydrogen-bond donors (Lipinski definition) is 9. The summed E-state index contributed by atoms with van der Waals surface area (Å²) in [5, 5.41) is 21.6. The Morgan fingerprint density at radius 3 is 1.98 bits per heavy atom. The Balaban J connectivity index is 1.10. The molecule has 3 saturated heterocycles. The van der Waals surface area contributed by atoms with Crippen molar-refractivity contribution in [2.24, 2.45) is 11.7 Å². The number of carbonyl (C=O) groups is 7. The van der Waals surface area contributed by atoms with Crippen LogP contribution in [0, 0.1) is 5.92 Å². The highest BCUT2D eigenvalue weighted by Crippen LogP contribution is 2.26. The fourth-order valence-corrected chi connectivity index (χ4v) is 10.8. The summed E-state index contributed by atoms with van der Waals surface area (Å²) in [7, 11) is 0. The average Bonchev–Trinajstić information content (AvgIpc) is 4.11. The number of aromatic nitrogens is 2. The molecule has 0 aliphatic carbocycles. The number of nitrogens with two attached hydrogens (primary N) is 1. The standard InChI is InChI=1S/C61H71N11O9/c62-25-29-65-61(79)81-46-34-54-59(77)67-49(22-19-39-10-3-1-4-11-39)55(73)70-52(33-44-36-66-48-16-8-7-15-47(44)48)58(76)69-51(31-41-23-27-63-28-24-41)56(74)68-50(30-40-17-20-45(21-18-40)80-38-42-12-5-2-6-13-42)57(75)71-53(60(78)72(54)37-46)32-43-14-9-26-64-35-43/h1-18,20-21,26,35-36,41,46,49-54,63,66H,19,22-25,27-34,37-38,62H2,(H,65,79)(H,67,77)(H,68,74)(H,69,76)(H,70,73)(H,71,75)/t46-,49+,50+,51+,52-,53+,54+/m1/s1. The molecule has 424 valence electrons. The van der Waals surface area contributed by atoms with Gasteiger partial charge in [-0.15, -0.1) is 0 Å². The van der Waals surface area contributed by atoms with Gasteiger partial charge in [0.25, 0.3) is 0 Å². The molecule has 3 fully saturated rings. The van der Waals surface area contributed by atoms with Crippen molar-refractivity contribution < 1.29 is 43.0 Å². The predicted octanol–water partition coefficient (Wildman–Crippen LogP) is 3.28. The van der Waals surface area contributed by atoms with Gasteiger partial charge >= 0.3 is 6.09 Å². The number of fused-ring (bicyclic) bond motifs is 2. The first-order valence-electron chi connectivity index (χ1n) is 27.9. The van der Waals surface area contributed by atoms with Crippen LogP contribution >= 0.6 is 0 Å². The minimum absolute atomic E-state index is 0.00420. The van der Waals surface area contributed by atoms with Crippen LogP contribution in [0.5, 0.6) is 5.75 Å². The highest BCUT2D eigenvalue weighted by atomic mass is 16.6. The molecule has 7 atom stereocenters. The second-order valence-electron chi connectivity index (χ2n) is 21.0. The van der Waals surface area contributed by atoms with Crippen LogP contribution in [-0.4, -0.2) is 131 Å². The molecule has 2 aromatic heterocycles. The van der Waals surface area contributed by atoms with E-state index in [2.05, 4.69) is 47.2 Å². The first-order valence-corrected chi connectivity index (χ1v) is 27.9. The number of aryl methyl sites for hydroxylation is 1. The number of ether oxygens (including phenoxy) is 2. The summed E-state index contributed by atoms with van der Waals surface area (Å²) in [6, 6.07) is 29.5. The maximum Gasteiger partial charge on any atom is 0.407 e. The van der Waals surface area contributed by atoms with E-state index < -0.39 is 83.9 Å². The normalized spacial score (nSPS) is 22.5. The zero-order chi connectivity index (χ0) is 56.5. The van der Waals surface area contributed by atoms with Crippen LogP contribution in [0.15, 0.2) is 140 Å². The van der Waals surface area contributed by atoms with E-state index in [1.165, 1.54) is 4.90 Å². The van der Waals surface area contributed by atoms with Gasteiger partial charge in [0.05, 0.1) is 6.54 Å². The van der Waals surface area contributed by atoms with Crippen LogP contribution in [0.2, 0.25) is 0 Å². The van der Waals surface area contributed by atoms with Gasteiger partial charge in [-0.2, -0.15) is 0 Å². The topological polar surface area (TPSA) is 280 Å². The molecule has 9 rings (SSSR count). The molecule has 6 aromatic rings. The van der Waals surface area contributed by atoms with Gasteiger partial charge in [-0.05, 0) is 103 Å². The predicted molar refractivity (Wildman–Crippen MR) is 303 cm³/mol. The SMILES string of the molecule is NCCNC(=O)O[C@@H]1C[C@H]2C(=O)N[C@@H](CCc3ccccc3)C(=O)N[C@H](Cc3c[nH]c4ccccc34)C(=O)N[C@@H](CC3CCNCC3)C(=O)N[C@@H](Cc3ccc(OCc4ccccc4)cc3)C(=O)N[C@@H](Cc3cccnc3)C(=O)N2C1. The number of nitrogens with zero attached hydrogens (tertiary/aromatic N) is 2. The summed E-state index contributed by atoms with van der Waals surface area (Å²) in [5.74, 6) is -3.52. The molecule has 7 amide bonds. The lowest BCUT2D eigenvalue weighted by molar-refractivity contribution is -0.143. The number of para-hydroxylation sites is 1. The number of aromatic amines is 1. The average molecular weight is 1100 g/mol. The summed E-state index contributed by atoms with van der Waals surface area (Å²) in [6.07, 6.45) is 4.86. The van der Waals surface area contributed by atoms with Crippen molar-refractivity contribution in [2.45, 2.75) is 107 Å². The van der Waals surface area contributed by atoms with Crippen molar-refractivity contribution in [1.29, 1.82) is 0 Å². The minimum Gasteiger partial charge on any atom is -0.489 e. The molecule has 0 spiro atoms. The Labute approximate surface area is 470 Å². The minimum atomic E-state index is -1.36. The number of piperidine rings is 1. The third kappa shape index (κ3) is 15.8. The van der Waals surface area contributed by atoms with Gasteiger partial charge < -0.3 is 62.3 Å². The largest absolute Gasteiger partial charge is 0.489 e. The molecule has 20 nitrogen and oxygen atoms in total. The Hall–Kier alpha value is -8.62. The molecule has 5 heterocycles. The Kier molecular flexibility index (Phi) is 19.7. The van der Waals surface area contributed by atoms with Crippen LogP contribution < -0.4 is 47.7 Å². The van der Waals surface area contributed by atoms with Crippen LogP contribution in [-0.2, 0) is 65.8 Å². The summed E-state index contributed by atoms with van der Waals surface area (Å²) < 4.78 is 11.8. The monoisotopic (exact) mass is 1100 g/mol. The molecule has 81 heavy (non-hydrogen) atoms. The molecule has 10 N–H and O–H groups in total. The van der Waals surface area contributed by atoms with Crippen molar-refractivity contribution in [2.75, 3.05) is 32.7 Å². The van der Waals surface area contributed by atoms with E-state index in [1.54, 1.807) is 55.0 Å². The van der Waals surface area contributed by atoms with Gasteiger partial charge in [0.15, 0.2) is 0 Å². The fraction of sp³-hybridized carbons (Fsp3) is 0.377. The van der Waals surface area contributed by atoms with Gasteiger partial charge in [-0.25, -0.2) is 4.79 Å². The molecule has 0 saturated carbocycles. The highest BCUT2D eigenvalue weighted by molar-refractivity contribution is 5.99. The molecular formula is C61H71N11O9. The Morgan fingerprint density at radius 1 is 0.642 bits per heavy atom. The van der Waals surface area contributed by atoms with E-state index in [4.69, 9.17) is 15.2 Å². The van der Waals surface area contributed by atoms with Crippen LogP contribution in [0.4, 0.5) is 4.79 Å². The molecule has 0 bridgehead atoms. The second kappa shape index (κ2) is 28.0. The Morgan fingerprint density at radius 2 is 1.26 bits per heavy atom. The Bertz CT molecular complexity index is 3090. The molecular weight excluding hydrogens is 1030 g/mol. The number of hydrogen-bond acceptors (Lipinski definition) is 12. The zero-order valence-electron chi connectivity index (χ0n) is 45.2. The third-order valence-corrected chi connectivity index (χ3v) is 15.1. The molecule has 3 aliphatic heterocycles. The van der Waals surface area contributed by atoms with Crippen LogP contribution in [0.25, 0.3) is 10.9 Å². The lowest BCUT2D eigenvalue weighted by Gasteiger charge is -2.32. The van der Waals surface area contributed by atoms with Crippen LogP contribution in [0.3, 0.4) is 0 Å². The van der Waals surface area contributed by atoms with Crippen molar-refractivity contribution in [3.63, 3.8) is 0 Å². The van der Waals surface area contributed by atoms with Gasteiger partial charge in [0.1, 0.15) is 54.7 Å². The van der Waals surface area contributed by atoms with Crippen molar-refractivity contribution in [1.82, 2.24) is 52.1 Å². The van der Waals surface area contributed by atoms with E-state index in [-0.39, 0.29) is 64.1 Å². The number of pyridine rings is 1. The maximum absolute atomic E-state index is 15.4. The smallest absolute Gasteiger partial charge is 0.407 e. The van der Waals surface area contributed by atoms with E-state index in [9.17, 15) is 4.79 Å². The van der Waals surface area contributed by atoms with Gasteiger partial charge in [0.2, 0.25) is 35.4 Å². The van der Waals surface area contributed by atoms with Crippen molar-refractivity contribution in [3.8, 4) is 5.75 Å². The van der Waals surface area contributed by atoms with Gasteiger partial charge in [-0.1, -0.05) is 97.1 Å². The molecule has 0 radical (unpaired) electrons. The number of amides is 7. The number of carbonyl (C=O) groups excluding carboxylic acids is 7. The highest BCUT2D eigenvalue weighted by Gasteiger charge is 2.45. The number of nitrogens with one attached hydrogen (secondary N) is 8. The van der Waals surface area contributed by atoms with E-state index in [0.29, 0.717) is 48.6 Å². The van der Waals surface area contributed by atoms with E-state index in [0.717, 1.165) is 34.9 Å². The van der Waals surface area contributed by atoms with E-state index >= 15 is 28.8 Å². The second-order valence-corrected chi connectivity index (χ2v) is 21.0. The number of benzene rings is 4. The third-order valence-electron chi connectivity index (χ3n) is 15.1. The molecule has 20 heteroatoms. The summed E-state index contributed by atoms with van der Waals surface area (Å²) in [4.78, 5) is 113. The number of alkyl carbamates (subject to hydrolysis) is 1. The maximum atomic E-state index is 15.4. The summed E-state index contributed by atoms with van der Waals surface area (Å²) in [6.45, 7) is 1.73. The fourth-order valence-electron chi connectivity index (χ4n) is 10.8. The molecule has 4 aromatic carbocycles. The van der Waals surface area contributed by atoms with E-state index in [1.807, 2.05) is 84.9 Å². The quantitative estimate of drug-likeness (QED) is 0.0637. The lowest BCUT2D eigenvalue weighted by atomic mass is 9.90. The number of rotatable bonds is 17. The zero-order valence-corrected chi connectivity index (χ0v) is 45.2. The first-order chi connectivity index (χ1) is 39.5. The summed E-state index contributed by atoms with van der Waals surface area (Å²) >= 11 is 0. The summed E-state index contributed by atoms with van der Waals surface area (Å²) in [5.41, 5.74) is 10.3. The van der Waals surface area contributed by atoms with Crippen LogP contribution in [0.1, 0.15) is 59.9 Å². The first kappa shape index (κ1) is 57.1.